The lowest BCUT2D eigenvalue weighted by Gasteiger charge is -2.10. The summed E-state index contributed by atoms with van der Waals surface area (Å²) in [5.74, 6) is 1.30. The van der Waals surface area contributed by atoms with Crippen molar-refractivity contribution in [3.05, 3.63) is 125 Å². The van der Waals surface area contributed by atoms with E-state index in [0.29, 0.717) is 22.6 Å². The fraction of sp³-hybridized carbons (Fsp3) is 0.0968. The van der Waals surface area contributed by atoms with E-state index in [1.54, 1.807) is 6.21 Å². The molecule has 1 amide bonds. The number of amides is 1. The number of hydrogen-bond acceptors (Lipinski definition) is 6. The summed E-state index contributed by atoms with van der Waals surface area (Å²) in [4.78, 5) is 12.5. The molecule has 1 aromatic heterocycles. The maximum absolute atomic E-state index is 12.5. The summed E-state index contributed by atoms with van der Waals surface area (Å²) in [6, 6.07) is 33.0. The second-order valence-corrected chi connectivity index (χ2v) is 10.3. The molecule has 0 bridgehead atoms. The third-order valence-electron chi connectivity index (χ3n) is 5.89. The minimum Gasteiger partial charge on any atom is -0.489 e. The smallest absolute Gasteiger partial charge is 0.250 e. The van der Waals surface area contributed by atoms with Gasteiger partial charge in [-0.05, 0) is 66.6 Å². The van der Waals surface area contributed by atoms with Gasteiger partial charge in [0.1, 0.15) is 12.4 Å². The van der Waals surface area contributed by atoms with Gasteiger partial charge in [-0.25, -0.2) is 5.43 Å². The van der Waals surface area contributed by atoms with Gasteiger partial charge in [-0.1, -0.05) is 83.5 Å². The van der Waals surface area contributed by atoms with Gasteiger partial charge in [-0.15, -0.1) is 10.2 Å². The molecule has 40 heavy (non-hydrogen) atoms. The Morgan fingerprint density at radius 3 is 2.40 bits per heavy atom. The van der Waals surface area contributed by atoms with Gasteiger partial charge >= 0.3 is 0 Å². The van der Waals surface area contributed by atoms with E-state index in [0.717, 1.165) is 33.7 Å². The van der Waals surface area contributed by atoms with Crippen molar-refractivity contribution in [1.82, 2.24) is 20.2 Å². The summed E-state index contributed by atoms with van der Waals surface area (Å²) in [6.45, 7) is 2.53. The first-order valence-corrected chi connectivity index (χ1v) is 13.9. The molecule has 0 aliphatic rings. The molecular formula is C31H26ClN5O2S. The molecule has 5 aromatic rings. The number of thioether (sulfide) groups is 1. The van der Waals surface area contributed by atoms with E-state index >= 15 is 0 Å². The maximum Gasteiger partial charge on any atom is 0.250 e. The number of nitrogens with one attached hydrogen (secondary N) is 1. The van der Waals surface area contributed by atoms with Crippen LogP contribution < -0.4 is 10.2 Å². The quantitative estimate of drug-likeness (QED) is 0.115. The normalized spacial score (nSPS) is 11.1. The number of benzene rings is 4. The van der Waals surface area contributed by atoms with Crippen molar-refractivity contribution in [3.63, 3.8) is 0 Å². The molecule has 0 atom stereocenters. The van der Waals surface area contributed by atoms with Gasteiger partial charge in [-0.3, -0.25) is 9.36 Å². The molecule has 0 saturated carbocycles. The second-order valence-electron chi connectivity index (χ2n) is 8.91. The Hall–Kier alpha value is -4.40. The summed E-state index contributed by atoms with van der Waals surface area (Å²) in [5.41, 5.74) is 7.44. The van der Waals surface area contributed by atoms with E-state index in [4.69, 9.17) is 16.3 Å². The van der Waals surface area contributed by atoms with Crippen molar-refractivity contribution < 1.29 is 9.53 Å². The van der Waals surface area contributed by atoms with E-state index in [1.807, 2.05) is 115 Å². The number of aromatic nitrogens is 3. The molecule has 0 radical (unpaired) electrons. The van der Waals surface area contributed by atoms with Crippen LogP contribution >= 0.6 is 23.4 Å². The molecule has 1 heterocycles. The van der Waals surface area contributed by atoms with Crippen molar-refractivity contribution >= 4 is 35.5 Å². The Labute approximate surface area is 241 Å². The van der Waals surface area contributed by atoms with Crippen LogP contribution in [0.4, 0.5) is 0 Å². The Kier molecular flexibility index (Phi) is 8.90. The van der Waals surface area contributed by atoms with Gasteiger partial charge < -0.3 is 4.74 Å². The Bertz CT molecular complexity index is 1590. The van der Waals surface area contributed by atoms with Crippen LogP contribution in [0.25, 0.3) is 17.1 Å². The molecule has 9 heteroatoms. The van der Waals surface area contributed by atoms with Crippen LogP contribution in [0, 0.1) is 6.92 Å². The van der Waals surface area contributed by atoms with Gasteiger partial charge in [0.2, 0.25) is 0 Å². The van der Waals surface area contributed by atoms with Gasteiger partial charge in [0.15, 0.2) is 11.0 Å². The zero-order valence-electron chi connectivity index (χ0n) is 21.7. The summed E-state index contributed by atoms with van der Waals surface area (Å²) >= 11 is 7.39. The number of carbonyl (C=O) groups excluding carboxylic acids is 1. The van der Waals surface area contributed by atoms with E-state index in [2.05, 4.69) is 20.7 Å². The predicted molar refractivity (Wildman–Crippen MR) is 160 cm³/mol. The average molecular weight is 568 g/mol. The first-order chi connectivity index (χ1) is 19.5. The predicted octanol–water partition coefficient (Wildman–Crippen LogP) is 6.72. The number of hydrogen-bond donors (Lipinski definition) is 1. The lowest BCUT2D eigenvalue weighted by Crippen LogP contribution is -2.20. The van der Waals surface area contributed by atoms with Gasteiger partial charge in [0.05, 0.1) is 12.0 Å². The van der Waals surface area contributed by atoms with E-state index in [-0.39, 0.29) is 11.7 Å². The van der Waals surface area contributed by atoms with E-state index in [1.165, 1.54) is 11.8 Å². The molecule has 0 aliphatic heterocycles. The fourth-order valence-electron chi connectivity index (χ4n) is 3.81. The molecule has 0 saturated heterocycles. The van der Waals surface area contributed by atoms with Crippen molar-refractivity contribution in [2.24, 2.45) is 5.10 Å². The molecule has 0 unspecified atom stereocenters. The van der Waals surface area contributed by atoms with Gasteiger partial charge in [-0.2, -0.15) is 5.10 Å². The van der Waals surface area contributed by atoms with E-state index in [9.17, 15) is 4.79 Å². The molecule has 0 aliphatic carbocycles. The van der Waals surface area contributed by atoms with Crippen LogP contribution in [0.2, 0.25) is 5.02 Å². The third-order valence-corrected chi connectivity index (χ3v) is 7.07. The highest BCUT2D eigenvalue weighted by atomic mass is 35.5. The summed E-state index contributed by atoms with van der Waals surface area (Å²) in [7, 11) is 0. The topological polar surface area (TPSA) is 81.4 Å². The largest absolute Gasteiger partial charge is 0.489 e. The van der Waals surface area contributed by atoms with Crippen molar-refractivity contribution in [3.8, 4) is 22.8 Å². The Morgan fingerprint density at radius 1 is 0.950 bits per heavy atom. The third kappa shape index (κ3) is 7.16. The fourth-order valence-corrected chi connectivity index (χ4v) is 4.68. The molecule has 4 aromatic carbocycles. The monoisotopic (exact) mass is 567 g/mol. The standard InChI is InChI=1S/C31H26ClN5O2S/c1-22-7-11-25(12-8-22)30-35-36-31(37(30)27-15-13-26(32)14-16-27)40-21-29(38)34-33-19-23-9-17-28(18-10-23)39-20-24-5-3-2-4-6-24/h2-19H,20-21H2,1H3,(H,34,38)/b33-19-. The molecule has 7 nitrogen and oxygen atoms in total. The van der Waals surface area contributed by atoms with Gasteiger partial charge in [0, 0.05) is 16.3 Å². The average Bonchev–Trinajstić information content (AvgIpc) is 3.41. The second kappa shape index (κ2) is 13.1. The number of carbonyl (C=O) groups is 1. The first-order valence-electron chi connectivity index (χ1n) is 12.5. The first kappa shape index (κ1) is 27.2. The highest BCUT2D eigenvalue weighted by Crippen LogP contribution is 2.28. The molecule has 0 spiro atoms. The molecular weight excluding hydrogens is 542 g/mol. The van der Waals surface area contributed by atoms with Crippen molar-refractivity contribution in [2.75, 3.05) is 5.75 Å². The number of nitrogens with zero attached hydrogens (tertiary/aromatic N) is 4. The molecule has 1 N–H and O–H groups in total. The Balaban J connectivity index is 1.19. The van der Waals surface area contributed by atoms with E-state index < -0.39 is 0 Å². The minimum atomic E-state index is -0.258. The van der Waals surface area contributed by atoms with Crippen molar-refractivity contribution in [1.29, 1.82) is 0 Å². The highest BCUT2D eigenvalue weighted by Gasteiger charge is 2.17. The van der Waals surface area contributed by atoms with Crippen LogP contribution in [0.15, 0.2) is 113 Å². The summed E-state index contributed by atoms with van der Waals surface area (Å²) in [5, 5.41) is 14.1. The van der Waals surface area contributed by atoms with Crippen LogP contribution in [0.5, 0.6) is 5.75 Å². The van der Waals surface area contributed by atoms with Crippen LogP contribution in [-0.2, 0) is 11.4 Å². The summed E-state index contributed by atoms with van der Waals surface area (Å²) in [6.07, 6.45) is 1.59. The van der Waals surface area contributed by atoms with Crippen LogP contribution in [0.3, 0.4) is 0 Å². The zero-order valence-corrected chi connectivity index (χ0v) is 23.3. The number of rotatable bonds is 10. The Morgan fingerprint density at radius 2 is 1.68 bits per heavy atom. The minimum absolute atomic E-state index is 0.114. The molecule has 200 valence electrons. The number of aryl methyl sites for hydroxylation is 1. The SMILES string of the molecule is Cc1ccc(-c2nnc(SCC(=O)N/N=C\c3ccc(OCc4ccccc4)cc3)n2-c2ccc(Cl)cc2)cc1. The lowest BCUT2D eigenvalue weighted by molar-refractivity contribution is -0.118. The van der Waals surface area contributed by atoms with Crippen LogP contribution in [-0.4, -0.2) is 32.6 Å². The van der Waals surface area contributed by atoms with Gasteiger partial charge in [0.25, 0.3) is 5.91 Å². The number of ether oxygens (including phenoxy) is 1. The highest BCUT2D eigenvalue weighted by molar-refractivity contribution is 7.99. The molecule has 0 fully saturated rings. The number of halogens is 1. The molecule has 5 rings (SSSR count). The number of hydrazone groups is 1. The maximum atomic E-state index is 12.5. The van der Waals surface area contributed by atoms with Crippen molar-refractivity contribution in [2.45, 2.75) is 18.7 Å². The lowest BCUT2D eigenvalue weighted by atomic mass is 10.1. The summed E-state index contributed by atoms with van der Waals surface area (Å²) < 4.78 is 7.73. The van der Waals surface area contributed by atoms with Crippen LogP contribution in [0.1, 0.15) is 16.7 Å². The zero-order chi connectivity index (χ0) is 27.7.